The van der Waals surface area contributed by atoms with Gasteiger partial charge in [0, 0.05) is 6.04 Å². The maximum atomic E-state index is 12.2. The van der Waals surface area contributed by atoms with E-state index in [0.717, 1.165) is 12.8 Å². The number of rotatable bonds is 6. The number of hydrogen-bond donors (Lipinski definition) is 2. The molecule has 7 heteroatoms. The van der Waals surface area contributed by atoms with Crippen LogP contribution in [0.4, 0.5) is 0 Å². The highest BCUT2D eigenvalue weighted by Crippen LogP contribution is 2.20. The molecule has 1 aromatic rings. The van der Waals surface area contributed by atoms with Gasteiger partial charge in [0.2, 0.25) is 11.8 Å². The zero-order valence-electron chi connectivity index (χ0n) is 11.2. The van der Waals surface area contributed by atoms with Gasteiger partial charge < -0.3 is 0 Å². The minimum atomic E-state index is -0.446. The maximum absolute atomic E-state index is 12.2. The van der Waals surface area contributed by atoms with Crippen LogP contribution >= 0.6 is 0 Å². The number of aromatic nitrogens is 3. The SMILES string of the molecule is CCC(CC)N1C(=O)CC(NCc2ncn[nH]2)C1=O. The summed E-state index contributed by atoms with van der Waals surface area (Å²) in [5, 5.41) is 9.49. The highest BCUT2D eigenvalue weighted by Gasteiger charge is 2.40. The van der Waals surface area contributed by atoms with E-state index < -0.39 is 6.04 Å². The van der Waals surface area contributed by atoms with Gasteiger partial charge in [0.05, 0.1) is 19.0 Å². The topological polar surface area (TPSA) is 91.0 Å². The van der Waals surface area contributed by atoms with E-state index in [1.165, 1.54) is 11.2 Å². The monoisotopic (exact) mass is 265 g/mol. The number of nitrogens with one attached hydrogen (secondary N) is 2. The Labute approximate surface area is 111 Å². The van der Waals surface area contributed by atoms with Crippen LogP contribution in [-0.2, 0) is 16.1 Å². The molecule has 1 aliphatic heterocycles. The highest BCUT2D eigenvalue weighted by atomic mass is 16.2. The summed E-state index contributed by atoms with van der Waals surface area (Å²) in [6.45, 7) is 4.38. The van der Waals surface area contributed by atoms with Gasteiger partial charge in [0.15, 0.2) is 0 Å². The van der Waals surface area contributed by atoms with Crippen LogP contribution in [0.15, 0.2) is 6.33 Å². The van der Waals surface area contributed by atoms with E-state index in [9.17, 15) is 9.59 Å². The van der Waals surface area contributed by atoms with Gasteiger partial charge in [-0.1, -0.05) is 13.8 Å². The Morgan fingerprint density at radius 2 is 2.21 bits per heavy atom. The average molecular weight is 265 g/mol. The summed E-state index contributed by atoms with van der Waals surface area (Å²) in [7, 11) is 0. The van der Waals surface area contributed by atoms with Gasteiger partial charge >= 0.3 is 0 Å². The molecule has 2 rings (SSSR count). The zero-order chi connectivity index (χ0) is 13.8. The molecule has 2 N–H and O–H groups in total. The fourth-order valence-electron chi connectivity index (χ4n) is 2.38. The number of amides is 2. The Balaban J connectivity index is 1.97. The molecule has 0 aromatic carbocycles. The maximum Gasteiger partial charge on any atom is 0.247 e. The van der Waals surface area contributed by atoms with Gasteiger partial charge in [-0.15, -0.1) is 0 Å². The third-order valence-corrected chi connectivity index (χ3v) is 3.47. The molecule has 1 fully saturated rings. The fraction of sp³-hybridized carbons (Fsp3) is 0.667. The van der Waals surface area contributed by atoms with Crippen molar-refractivity contribution in [2.45, 2.75) is 51.7 Å². The lowest BCUT2D eigenvalue weighted by molar-refractivity contribution is -0.141. The molecular formula is C12H19N5O2. The van der Waals surface area contributed by atoms with Gasteiger partial charge in [-0.25, -0.2) is 4.98 Å². The highest BCUT2D eigenvalue weighted by molar-refractivity contribution is 6.05. The second-order valence-electron chi connectivity index (χ2n) is 4.64. The summed E-state index contributed by atoms with van der Waals surface area (Å²) < 4.78 is 0. The van der Waals surface area contributed by atoms with Crippen LogP contribution in [0.3, 0.4) is 0 Å². The predicted molar refractivity (Wildman–Crippen MR) is 67.9 cm³/mol. The zero-order valence-corrected chi connectivity index (χ0v) is 11.2. The predicted octanol–water partition coefficient (Wildman–Crippen LogP) is 0.210. The first-order valence-electron chi connectivity index (χ1n) is 6.60. The van der Waals surface area contributed by atoms with Crippen molar-refractivity contribution < 1.29 is 9.59 Å². The first-order valence-corrected chi connectivity index (χ1v) is 6.60. The Morgan fingerprint density at radius 1 is 1.47 bits per heavy atom. The minimum absolute atomic E-state index is 0.0112. The molecule has 2 heterocycles. The number of imide groups is 1. The van der Waals surface area contributed by atoms with Crippen LogP contribution < -0.4 is 5.32 Å². The van der Waals surface area contributed by atoms with Crippen molar-refractivity contribution in [1.82, 2.24) is 25.4 Å². The number of nitrogens with zero attached hydrogens (tertiary/aromatic N) is 3. The first kappa shape index (κ1) is 13.7. The summed E-state index contributed by atoms with van der Waals surface area (Å²) >= 11 is 0. The van der Waals surface area contributed by atoms with E-state index in [4.69, 9.17) is 0 Å². The smallest absolute Gasteiger partial charge is 0.247 e. The normalized spacial score (nSPS) is 19.7. The molecule has 0 aliphatic carbocycles. The van der Waals surface area contributed by atoms with Crippen LogP contribution in [0.25, 0.3) is 0 Å². The molecule has 1 unspecified atom stereocenters. The number of H-pyrrole nitrogens is 1. The standard InChI is InChI=1S/C12H19N5O2/c1-3-8(4-2)17-11(18)5-9(12(17)19)13-6-10-14-7-15-16-10/h7-9,13H,3-6H2,1-2H3,(H,14,15,16). The second-order valence-corrected chi connectivity index (χ2v) is 4.64. The van der Waals surface area contributed by atoms with Crippen LogP contribution in [0.1, 0.15) is 38.9 Å². The summed E-state index contributed by atoms with van der Waals surface area (Å²) in [6, 6.07) is -0.435. The van der Waals surface area contributed by atoms with E-state index in [-0.39, 0.29) is 24.3 Å². The molecule has 104 valence electrons. The third-order valence-electron chi connectivity index (χ3n) is 3.47. The van der Waals surface area contributed by atoms with Crippen molar-refractivity contribution in [3.8, 4) is 0 Å². The Morgan fingerprint density at radius 3 is 2.79 bits per heavy atom. The molecule has 0 bridgehead atoms. The summed E-state index contributed by atoms with van der Waals surface area (Å²) in [5.41, 5.74) is 0. The molecule has 1 aliphatic rings. The molecule has 7 nitrogen and oxygen atoms in total. The van der Waals surface area contributed by atoms with E-state index in [0.29, 0.717) is 12.4 Å². The van der Waals surface area contributed by atoms with E-state index in [2.05, 4.69) is 20.5 Å². The van der Waals surface area contributed by atoms with Gasteiger partial charge in [-0.05, 0) is 12.8 Å². The molecule has 19 heavy (non-hydrogen) atoms. The lowest BCUT2D eigenvalue weighted by Crippen LogP contribution is -2.43. The number of likely N-dealkylation sites (tertiary alicyclic amines) is 1. The number of carbonyl (C=O) groups excluding carboxylic acids is 2. The van der Waals surface area contributed by atoms with Crippen LogP contribution in [0.2, 0.25) is 0 Å². The van der Waals surface area contributed by atoms with E-state index >= 15 is 0 Å². The Hall–Kier alpha value is -1.76. The lowest BCUT2D eigenvalue weighted by atomic mass is 10.1. The lowest BCUT2D eigenvalue weighted by Gasteiger charge is -2.24. The van der Waals surface area contributed by atoms with Crippen LogP contribution in [0, 0.1) is 0 Å². The molecule has 0 saturated carbocycles. The molecule has 0 spiro atoms. The summed E-state index contributed by atoms with van der Waals surface area (Å²) in [6.07, 6.45) is 3.23. The number of carbonyl (C=O) groups is 2. The van der Waals surface area contributed by atoms with Crippen LogP contribution in [-0.4, -0.2) is 44.0 Å². The minimum Gasteiger partial charge on any atom is -0.298 e. The summed E-state index contributed by atoms with van der Waals surface area (Å²) in [4.78, 5) is 29.6. The second kappa shape index (κ2) is 5.92. The molecule has 1 atom stereocenters. The van der Waals surface area contributed by atoms with Crippen molar-refractivity contribution in [1.29, 1.82) is 0 Å². The molecule has 2 amide bonds. The molecule has 0 radical (unpaired) electrons. The Bertz CT molecular complexity index is 441. The van der Waals surface area contributed by atoms with Crippen molar-refractivity contribution in [3.05, 3.63) is 12.2 Å². The van der Waals surface area contributed by atoms with Crippen molar-refractivity contribution in [3.63, 3.8) is 0 Å². The van der Waals surface area contributed by atoms with Crippen molar-refractivity contribution >= 4 is 11.8 Å². The van der Waals surface area contributed by atoms with Crippen LogP contribution in [0.5, 0.6) is 0 Å². The summed E-state index contributed by atoms with van der Waals surface area (Å²) in [5.74, 6) is 0.438. The fourth-order valence-corrected chi connectivity index (χ4v) is 2.38. The molecule has 1 saturated heterocycles. The number of hydrogen-bond acceptors (Lipinski definition) is 5. The number of aromatic amines is 1. The largest absolute Gasteiger partial charge is 0.298 e. The van der Waals surface area contributed by atoms with E-state index in [1.54, 1.807) is 0 Å². The third kappa shape index (κ3) is 2.81. The quantitative estimate of drug-likeness (QED) is 0.717. The Kier molecular flexibility index (Phi) is 4.26. The van der Waals surface area contributed by atoms with Gasteiger partial charge in [0.1, 0.15) is 12.2 Å². The van der Waals surface area contributed by atoms with Crippen molar-refractivity contribution in [2.75, 3.05) is 0 Å². The van der Waals surface area contributed by atoms with Gasteiger partial charge in [-0.2, -0.15) is 5.10 Å². The van der Waals surface area contributed by atoms with Gasteiger partial charge in [-0.3, -0.25) is 24.9 Å². The first-order chi connectivity index (χ1) is 9.17. The molecular weight excluding hydrogens is 246 g/mol. The molecule has 1 aromatic heterocycles. The van der Waals surface area contributed by atoms with E-state index in [1.807, 2.05) is 13.8 Å². The average Bonchev–Trinajstić information content (AvgIpc) is 3.00. The van der Waals surface area contributed by atoms with Crippen molar-refractivity contribution in [2.24, 2.45) is 0 Å². The van der Waals surface area contributed by atoms with Gasteiger partial charge in [0.25, 0.3) is 0 Å².